The SMILES string of the molecule is CCCNCC(C)(C)C1CC1c1ccccc1. The fourth-order valence-electron chi connectivity index (χ4n) is 2.85. The predicted octanol–water partition coefficient (Wildman–Crippen LogP) is 3.82. The summed E-state index contributed by atoms with van der Waals surface area (Å²) in [4.78, 5) is 0. The van der Waals surface area contributed by atoms with Gasteiger partial charge in [-0.05, 0) is 42.2 Å². The molecule has 2 rings (SSSR count). The zero-order valence-corrected chi connectivity index (χ0v) is 11.4. The molecule has 94 valence electrons. The minimum absolute atomic E-state index is 0.426. The lowest BCUT2D eigenvalue weighted by Crippen LogP contribution is -2.32. The molecule has 0 heterocycles. The minimum atomic E-state index is 0.426. The quantitative estimate of drug-likeness (QED) is 0.734. The molecule has 1 aromatic rings. The Morgan fingerprint density at radius 2 is 1.94 bits per heavy atom. The highest BCUT2D eigenvalue weighted by molar-refractivity contribution is 5.26. The lowest BCUT2D eigenvalue weighted by atomic mass is 9.85. The molecule has 17 heavy (non-hydrogen) atoms. The highest BCUT2D eigenvalue weighted by atomic mass is 14.9. The van der Waals surface area contributed by atoms with Gasteiger partial charge in [-0.1, -0.05) is 51.1 Å². The molecular weight excluding hydrogens is 206 g/mol. The fraction of sp³-hybridized carbons (Fsp3) is 0.625. The Hall–Kier alpha value is -0.820. The lowest BCUT2D eigenvalue weighted by Gasteiger charge is -2.25. The van der Waals surface area contributed by atoms with E-state index < -0.39 is 0 Å². The second-order valence-corrected chi connectivity index (χ2v) is 6.02. The van der Waals surface area contributed by atoms with Crippen LogP contribution in [0.15, 0.2) is 30.3 Å². The van der Waals surface area contributed by atoms with Crippen molar-refractivity contribution in [3.63, 3.8) is 0 Å². The molecule has 1 N–H and O–H groups in total. The number of benzene rings is 1. The van der Waals surface area contributed by atoms with Crippen LogP contribution < -0.4 is 5.32 Å². The molecule has 2 atom stereocenters. The van der Waals surface area contributed by atoms with E-state index in [1.807, 2.05) is 0 Å². The van der Waals surface area contributed by atoms with E-state index in [1.54, 1.807) is 0 Å². The van der Waals surface area contributed by atoms with Crippen molar-refractivity contribution in [2.45, 2.75) is 39.5 Å². The Kier molecular flexibility index (Phi) is 3.88. The smallest absolute Gasteiger partial charge is 0.000539 e. The van der Waals surface area contributed by atoms with Gasteiger partial charge in [0.25, 0.3) is 0 Å². The van der Waals surface area contributed by atoms with Gasteiger partial charge in [0.05, 0.1) is 0 Å². The molecule has 0 amide bonds. The standard InChI is InChI=1S/C16H25N/c1-4-10-17-12-16(2,3)15-11-14(15)13-8-6-5-7-9-13/h5-9,14-15,17H,4,10-12H2,1-3H3. The van der Waals surface area contributed by atoms with Gasteiger partial charge in [0.15, 0.2) is 0 Å². The summed E-state index contributed by atoms with van der Waals surface area (Å²) < 4.78 is 0. The first-order valence-corrected chi connectivity index (χ1v) is 6.91. The van der Waals surface area contributed by atoms with Crippen molar-refractivity contribution >= 4 is 0 Å². The maximum atomic E-state index is 3.57. The van der Waals surface area contributed by atoms with E-state index in [0.29, 0.717) is 5.41 Å². The van der Waals surface area contributed by atoms with Crippen LogP contribution in [0.25, 0.3) is 0 Å². The molecule has 1 aliphatic carbocycles. The first-order valence-electron chi connectivity index (χ1n) is 6.91. The highest BCUT2D eigenvalue weighted by Gasteiger charge is 2.47. The van der Waals surface area contributed by atoms with Crippen LogP contribution >= 0.6 is 0 Å². The van der Waals surface area contributed by atoms with E-state index in [-0.39, 0.29) is 0 Å². The van der Waals surface area contributed by atoms with Gasteiger partial charge in [-0.15, -0.1) is 0 Å². The van der Waals surface area contributed by atoms with Crippen LogP contribution in [0.2, 0.25) is 0 Å². The molecule has 1 heteroatoms. The van der Waals surface area contributed by atoms with Crippen molar-refractivity contribution < 1.29 is 0 Å². The van der Waals surface area contributed by atoms with Crippen LogP contribution in [0.3, 0.4) is 0 Å². The largest absolute Gasteiger partial charge is 0.316 e. The van der Waals surface area contributed by atoms with Crippen LogP contribution in [0.5, 0.6) is 0 Å². The molecule has 0 aromatic heterocycles. The summed E-state index contributed by atoms with van der Waals surface area (Å²) in [5.41, 5.74) is 1.96. The van der Waals surface area contributed by atoms with Crippen LogP contribution in [0.1, 0.15) is 45.1 Å². The zero-order valence-electron chi connectivity index (χ0n) is 11.4. The average molecular weight is 231 g/mol. The Morgan fingerprint density at radius 3 is 2.59 bits per heavy atom. The fourth-order valence-corrected chi connectivity index (χ4v) is 2.85. The van der Waals surface area contributed by atoms with Crippen molar-refractivity contribution in [1.29, 1.82) is 0 Å². The van der Waals surface area contributed by atoms with Crippen LogP contribution in [0, 0.1) is 11.3 Å². The highest BCUT2D eigenvalue weighted by Crippen LogP contribution is 2.56. The van der Waals surface area contributed by atoms with Gasteiger partial charge in [0, 0.05) is 6.54 Å². The third kappa shape index (κ3) is 3.10. The Balaban J connectivity index is 1.89. The summed E-state index contributed by atoms with van der Waals surface area (Å²) in [6, 6.07) is 11.0. The number of rotatable bonds is 6. The molecule has 0 bridgehead atoms. The van der Waals surface area contributed by atoms with Gasteiger partial charge >= 0.3 is 0 Å². The lowest BCUT2D eigenvalue weighted by molar-refractivity contribution is 0.286. The van der Waals surface area contributed by atoms with E-state index in [2.05, 4.69) is 56.4 Å². The maximum absolute atomic E-state index is 3.57. The van der Waals surface area contributed by atoms with Gasteiger partial charge in [-0.25, -0.2) is 0 Å². The first kappa shape index (κ1) is 12.6. The minimum Gasteiger partial charge on any atom is -0.316 e. The summed E-state index contributed by atoms with van der Waals surface area (Å²) in [6.07, 6.45) is 2.59. The molecule has 0 radical (unpaired) electrons. The van der Waals surface area contributed by atoms with Gasteiger partial charge in [0.2, 0.25) is 0 Å². The third-order valence-corrected chi connectivity index (χ3v) is 4.03. The van der Waals surface area contributed by atoms with E-state index >= 15 is 0 Å². The molecule has 2 unspecified atom stereocenters. The van der Waals surface area contributed by atoms with Gasteiger partial charge in [-0.2, -0.15) is 0 Å². The molecule has 1 fully saturated rings. The molecule has 0 saturated heterocycles. The summed E-state index contributed by atoms with van der Waals surface area (Å²) in [6.45, 7) is 9.33. The van der Waals surface area contributed by atoms with E-state index in [1.165, 1.54) is 18.4 Å². The molecule has 0 spiro atoms. The van der Waals surface area contributed by atoms with Crippen molar-refractivity contribution in [2.75, 3.05) is 13.1 Å². The summed E-state index contributed by atoms with van der Waals surface area (Å²) >= 11 is 0. The summed E-state index contributed by atoms with van der Waals surface area (Å²) in [7, 11) is 0. The number of hydrogen-bond acceptors (Lipinski definition) is 1. The number of hydrogen-bond donors (Lipinski definition) is 1. The Morgan fingerprint density at radius 1 is 1.24 bits per heavy atom. The molecule has 1 aliphatic rings. The normalized spacial score (nSPS) is 23.7. The predicted molar refractivity (Wildman–Crippen MR) is 74.2 cm³/mol. The summed E-state index contributed by atoms with van der Waals surface area (Å²) in [5, 5.41) is 3.57. The Labute approximate surface area is 106 Å². The summed E-state index contributed by atoms with van der Waals surface area (Å²) in [5.74, 6) is 1.66. The van der Waals surface area contributed by atoms with Gasteiger partial charge < -0.3 is 5.32 Å². The van der Waals surface area contributed by atoms with E-state index in [4.69, 9.17) is 0 Å². The van der Waals surface area contributed by atoms with E-state index in [0.717, 1.165) is 24.9 Å². The molecular formula is C16H25N. The monoisotopic (exact) mass is 231 g/mol. The zero-order chi connectivity index (χ0) is 12.3. The number of nitrogens with one attached hydrogen (secondary N) is 1. The van der Waals surface area contributed by atoms with E-state index in [9.17, 15) is 0 Å². The van der Waals surface area contributed by atoms with Gasteiger partial charge in [0.1, 0.15) is 0 Å². The molecule has 1 nitrogen and oxygen atoms in total. The van der Waals surface area contributed by atoms with Crippen molar-refractivity contribution in [3.8, 4) is 0 Å². The molecule has 1 aromatic carbocycles. The third-order valence-electron chi connectivity index (χ3n) is 4.03. The Bertz CT molecular complexity index is 342. The van der Waals surface area contributed by atoms with Crippen molar-refractivity contribution in [2.24, 2.45) is 11.3 Å². The second-order valence-electron chi connectivity index (χ2n) is 6.02. The maximum Gasteiger partial charge on any atom is 0.000539 e. The van der Waals surface area contributed by atoms with Crippen molar-refractivity contribution in [3.05, 3.63) is 35.9 Å². The van der Waals surface area contributed by atoms with Crippen LogP contribution in [-0.2, 0) is 0 Å². The average Bonchev–Trinajstić information content (AvgIpc) is 3.11. The van der Waals surface area contributed by atoms with Crippen LogP contribution in [-0.4, -0.2) is 13.1 Å². The first-order chi connectivity index (χ1) is 8.15. The topological polar surface area (TPSA) is 12.0 Å². The second kappa shape index (κ2) is 5.22. The van der Waals surface area contributed by atoms with Crippen LogP contribution in [0.4, 0.5) is 0 Å². The molecule has 1 saturated carbocycles. The van der Waals surface area contributed by atoms with Gasteiger partial charge in [-0.3, -0.25) is 0 Å². The van der Waals surface area contributed by atoms with Crippen molar-refractivity contribution in [1.82, 2.24) is 5.32 Å². The molecule has 0 aliphatic heterocycles.